The molecule has 1 aliphatic carbocycles. The van der Waals surface area contributed by atoms with Crippen molar-refractivity contribution in [2.24, 2.45) is 11.8 Å². The van der Waals surface area contributed by atoms with Gasteiger partial charge in [0.2, 0.25) is 17.7 Å². The molecular weight excluding hydrogens is 390 g/mol. The SMILES string of the molecule is C[C@@H](C(=O)OCC(=O)N1CC(=O)Nc2ccccc21)N1C(=O)[C@@H]2CCCC[C@H]2C1=O. The number of likely N-dealkylation sites (tertiary alicyclic amines) is 1. The van der Waals surface area contributed by atoms with E-state index in [1.165, 1.54) is 11.8 Å². The maximum atomic E-state index is 12.6. The van der Waals surface area contributed by atoms with Crippen LogP contribution in [-0.2, 0) is 28.7 Å². The van der Waals surface area contributed by atoms with Crippen LogP contribution in [0.2, 0.25) is 0 Å². The third-order valence-corrected chi connectivity index (χ3v) is 6.01. The average Bonchev–Trinajstić information content (AvgIpc) is 3.01. The fraction of sp³-hybridized carbons (Fsp3) is 0.476. The number of imide groups is 1. The van der Waals surface area contributed by atoms with Gasteiger partial charge in [0.15, 0.2) is 6.61 Å². The molecule has 1 saturated carbocycles. The third kappa shape index (κ3) is 3.44. The summed E-state index contributed by atoms with van der Waals surface area (Å²) in [6.45, 7) is 0.660. The van der Waals surface area contributed by atoms with E-state index in [1.807, 2.05) is 0 Å². The average molecular weight is 413 g/mol. The van der Waals surface area contributed by atoms with Gasteiger partial charge in [-0.05, 0) is 31.9 Å². The molecule has 30 heavy (non-hydrogen) atoms. The first-order valence-electron chi connectivity index (χ1n) is 10.1. The Morgan fingerprint density at radius 1 is 1.10 bits per heavy atom. The van der Waals surface area contributed by atoms with Crippen LogP contribution in [0.25, 0.3) is 0 Å². The molecule has 0 unspecified atom stereocenters. The Balaban J connectivity index is 1.40. The van der Waals surface area contributed by atoms with E-state index in [4.69, 9.17) is 4.74 Å². The Morgan fingerprint density at radius 2 is 1.73 bits per heavy atom. The predicted octanol–water partition coefficient (Wildman–Crippen LogP) is 1.08. The number of carbonyl (C=O) groups excluding carboxylic acids is 5. The highest BCUT2D eigenvalue weighted by Gasteiger charge is 2.51. The molecule has 1 N–H and O–H groups in total. The molecule has 1 aromatic rings. The molecule has 2 heterocycles. The molecule has 2 aliphatic heterocycles. The number of ether oxygens (including phenoxy) is 1. The number of esters is 1. The maximum absolute atomic E-state index is 12.6. The van der Waals surface area contributed by atoms with Crippen molar-refractivity contribution in [2.45, 2.75) is 38.6 Å². The molecule has 3 atom stereocenters. The van der Waals surface area contributed by atoms with Crippen molar-refractivity contribution in [3.05, 3.63) is 24.3 Å². The summed E-state index contributed by atoms with van der Waals surface area (Å²) in [6.07, 6.45) is 3.10. The zero-order chi connectivity index (χ0) is 21.4. The number of nitrogens with one attached hydrogen (secondary N) is 1. The lowest BCUT2D eigenvalue weighted by Crippen LogP contribution is -2.47. The molecule has 3 aliphatic rings. The lowest BCUT2D eigenvalue weighted by molar-refractivity contribution is -0.159. The number of carbonyl (C=O) groups is 5. The van der Waals surface area contributed by atoms with Crippen molar-refractivity contribution >= 4 is 41.0 Å². The summed E-state index contributed by atoms with van der Waals surface area (Å²) in [5.41, 5.74) is 1.01. The van der Waals surface area contributed by atoms with Crippen LogP contribution in [0, 0.1) is 11.8 Å². The van der Waals surface area contributed by atoms with E-state index in [2.05, 4.69) is 5.32 Å². The van der Waals surface area contributed by atoms with Gasteiger partial charge in [0.05, 0.1) is 23.2 Å². The van der Waals surface area contributed by atoms with Gasteiger partial charge in [0.25, 0.3) is 5.91 Å². The van der Waals surface area contributed by atoms with E-state index < -0.39 is 24.5 Å². The fourth-order valence-corrected chi connectivity index (χ4v) is 4.46. The normalized spacial score (nSPS) is 24.1. The van der Waals surface area contributed by atoms with Crippen LogP contribution in [0.15, 0.2) is 24.3 Å². The van der Waals surface area contributed by atoms with E-state index >= 15 is 0 Å². The molecule has 9 nitrogen and oxygen atoms in total. The highest BCUT2D eigenvalue weighted by Crippen LogP contribution is 2.39. The molecule has 0 aromatic heterocycles. The molecule has 1 saturated heterocycles. The molecule has 4 amide bonds. The summed E-state index contributed by atoms with van der Waals surface area (Å²) in [5, 5.41) is 2.68. The zero-order valence-corrected chi connectivity index (χ0v) is 16.6. The Morgan fingerprint density at radius 3 is 2.40 bits per heavy atom. The van der Waals surface area contributed by atoms with Crippen LogP contribution in [0.5, 0.6) is 0 Å². The summed E-state index contributed by atoms with van der Waals surface area (Å²) in [6, 6.07) is 5.72. The summed E-state index contributed by atoms with van der Waals surface area (Å²) in [4.78, 5) is 64.5. The quantitative estimate of drug-likeness (QED) is 0.584. The first-order chi connectivity index (χ1) is 14.4. The number of amides is 4. The minimum Gasteiger partial charge on any atom is -0.454 e. The van der Waals surface area contributed by atoms with Crippen LogP contribution < -0.4 is 10.2 Å². The number of hydrogen-bond donors (Lipinski definition) is 1. The number of benzene rings is 1. The lowest BCUT2D eigenvalue weighted by Gasteiger charge is -2.29. The van der Waals surface area contributed by atoms with Gasteiger partial charge >= 0.3 is 5.97 Å². The molecule has 2 fully saturated rings. The van der Waals surface area contributed by atoms with Crippen molar-refractivity contribution < 1.29 is 28.7 Å². The number of anilines is 2. The summed E-state index contributed by atoms with van der Waals surface area (Å²) < 4.78 is 5.12. The van der Waals surface area contributed by atoms with E-state index in [9.17, 15) is 24.0 Å². The molecule has 1 aromatic carbocycles. The van der Waals surface area contributed by atoms with Gasteiger partial charge in [-0.3, -0.25) is 29.0 Å². The smallest absolute Gasteiger partial charge is 0.329 e. The minimum atomic E-state index is -1.10. The summed E-state index contributed by atoms with van der Waals surface area (Å²) in [5.74, 6) is -3.11. The summed E-state index contributed by atoms with van der Waals surface area (Å²) >= 11 is 0. The van der Waals surface area contributed by atoms with Gasteiger partial charge in [-0.25, -0.2) is 4.79 Å². The molecule has 4 rings (SSSR count). The largest absolute Gasteiger partial charge is 0.454 e. The van der Waals surface area contributed by atoms with Gasteiger partial charge < -0.3 is 10.1 Å². The molecule has 0 radical (unpaired) electrons. The monoisotopic (exact) mass is 413 g/mol. The van der Waals surface area contributed by atoms with E-state index in [-0.39, 0.29) is 36.1 Å². The van der Waals surface area contributed by atoms with Crippen LogP contribution in [0.3, 0.4) is 0 Å². The maximum Gasteiger partial charge on any atom is 0.329 e. The first-order valence-corrected chi connectivity index (χ1v) is 10.1. The lowest BCUT2D eigenvalue weighted by atomic mass is 9.81. The van der Waals surface area contributed by atoms with Gasteiger partial charge in [0, 0.05) is 0 Å². The third-order valence-electron chi connectivity index (χ3n) is 6.01. The Hall–Kier alpha value is -3.23. The van der Waals surface area contributed by atoms with Crippen molar-refractivity contribution in [3.8, 4) is 0 Å². The number of para-hydroxylation sites is 2. The van der Waals surface area contributed by atoms with Crippen molar-refractivity contribution in [2.75, 3.05) is 23.4 Å². The second kappa shape index (κ2) is 7.89. The fourth-order valence-electron chi connectivity index (χ4n) is 4.46. The Bertz CT molecular complexity index is 905. The van der Waals surface area contributed by atoms with Crippen molar-refractivity contribution in [1.29, 1.82) is 0 Å². The number of nitrogens with zero attached hydrogens (tertiary/aromatic N) is 2. The topological polar surface area (TPSA) is 113 Å². The van der Waals surface area contributed by atoms with Gasteiger partial charge in [0.1, 0.15) is 12.6 Å². The van der Waals surface area contributed by atoms with Crippen molar-refractivity contribution in [1.82, 2.24) is 4.90 Å². The van der Waals surface area contributed by atoms with Gasteiger partial charge in [-0.1, -0.05) is 25.0 Å². The highest BCUT2D eigenvalue weighted by molar-refractivity contribution is 6.11. The minimum absolute atomic E-state index is 0.185. The molecule has 158 valence electrons. The molecule has 0 spiro atoms. The van der Waals surface area contributed by atoms with Gasteiger partial charge in [-0.15, -0.1) is 0 Å². The van der Waals surface area contributed by atoms with Gasteiger partial charge in [-0.2, -0.15) is 0 Å². The van der Waals surface area contributed by atoms with E-state index in [1.54, 1.807) is 24.3 Å². The van der Waals surface area contributed by atoms with Crippen LogP contribution >= 0.6 is 0 Å². The zero-order valence-electron chi connectivity index (χ0n) is 16.6. The standard InChI is InChI=1S/C21H23N3O6/c1-12(24-19(27)13-6-2-3-7-14(13)20(24)28)21(29)30-11-18(26)23-10-17(25)22-15-8-4-5-9-16(15)23/h4-5,8-9,12-14H,2-3,6-7,10-11H2,1H3,(H,22,25)/t12-,13+,14+/m0/s1. The number of hydrogen-bond acceptors (Lipinski definition) is 6. The van der Waals surface area contributed by atoms with Crippen LogP contribution in [0.4, 0.5) is 11.4 Å². The second-order valence-corrected chi connectivity index (χ2v) is 7.87. The van der Waals surface area contributed by atoms with E-state index in [0.29, 0.717) is 24.2 Å². The summed E-state index contributed by atoms with van der Waals surface area (Å²) in [7, 11) is 0. The molecule has 9 heteroatoms. The number of rotatable bonds is 4. The molecule has 0 bridgehead atoms. The first kappa shape index (κ1) is 20.1. The van der Waals surface area contributed by atoms with Crippen molar-refractivity contribution in [3.63, 3.8) is 0 Å². The highest BCUT2D eigenvalue weighted by atomic mass is 16.5. The van der Waals surface area contributed by atoms with E-state index in [0.717, 1.165) is 17.7 Å². The Labute approximate surface area is 173 Å². The predicted molar refractivity (Wildman–Crippen MR) is 105 cm³/mol. The van der Waals surface area contributed by atoms with Crippen LogP contribution in [-0.4, -0.2) is 53.7 Å². The Kier molecular flexibility index (Phi) is 5.27. The number of fused-ring (bicyclic) bond motifs is 2. The molecular formula is C21H23N3O6. The van der Waals surface area contributed by atoms with Crippen LogP contribution in [0.1, 0.15) is 32.6 Å². The second-order valence-electron chi connectivity index (χ2n) is 7.87.